The second-order valence-electron chi connectivity index (χ2n) is 6.84. The molecule has 2 atom stereocenters. The molecule has 132 valence electrons. The predicted octanol–water partition coefficient (Wildman–Crippen LogP) is 3.30. The Labute approximate surface area is 144 Å². The molecule has 1 aliphatic carbocycles. The van der Waals surface area contributed by atoms with Crippen molar-refractivity contribution in [3.8, 4) is 11.5 Å². The highest BCUT2D eigenvalue weighted by molar-refractivity contribution is 5.93. The Morgan fingerprint density at radius 2 is 1.96 bits per heavy atom. The lowest BCUT2D eigenvalue weighted by molar-refractivity contribution is -0.118. The summed E-state index contributed by atoms with van der Waals surface area (Å²) in [7, 11) is 3.21. The number of nitrogens with zero attached hydrogens (tertiary/aromatic N) is 1. The van der Waals surface area contributed by atoms with Crippen molar-refractivity contribution >= 4 is 11.6 Å². The number of nitrogens with one attached hydrogen (secondary N) is 1. The van der Waals surface area contributed by atoms with Crippen molar-refractivity contribution in [2.75, 3.05) is 32.6 Å². The molecule has 2 fully saturated rings. The summed E-state index contributed by atoms with van der Waals surface area (Å²) in [6, 6.07) is 6.04. The number of amides is 1. The van der Waals surface area contributed by atoms with Crippen LogP contribution in [0.5, 0.6) is 11.5 Å². The van der Waals surface area contributed by atoms with E-state index in [1.54, 1.807) is 20.3 Å². The molecule has 24 heavy (non-hydrogen) atoms. The molecule has 1 aliphatic heterocycles. The van der Waals surface area contributed by atoms with Gasteiger partial charge in [0, 0.05) is 12.1 Å². The van der Waals surface area contributed by atoms with E-state index in [1.165, 1.54) is 38.5 Å². The van der Waals surface area contributed by atoms with Crippen LogP contribution in [-0.2, 0) is 4.79 Å². The summed E-state index contributed by atoms with van der Waals surface area (Å²) in [6.45, 7) is 1.50. The zero-order chi connectivity index (χ0) is 16.9. The first-order valence-corrected chi connectivity index (χ1v) is 8.97. The lowest BCUT2D eigenvalue weighted by Gasteiger charge is -2.43. The Morgan fingerprint density at radius 3 is 2.75 bits per heavy atom. The van der Waals surface area contributed by atoms with E-state index < -0.39 is 0 Å². The Morgan fingerprint density at radius 1 is 1.17 bits per heavy atom. The first-order valence-electron chi connectivity index (χ1n) is 8.97. The van der Waals surface area contributed by atoms with Crippen molar-refractivity contribution in [2.24, 2.45) is 5.92 Å². The maximum absolute atomic E-state index is 12.5. The highest BCUT2D eigenvalue weighted by atomic mass is 16.5. The quantitative estimate of drug-likeness (QED) is 0.899. The summed E-state index contributed by atoms with van der Waals surface area (Å²) in [5, 5.41) is 2.99. The molecule has 0 unspecified atom stereocenters. The number of likely N-dealkylation sites (tertiary alicyclic amines) is 1. The number of rotatable bonds is 5. The van der Waals surface area contributed by atoms with Gasteiger partial charge in [0.05, 0.1) is 26.5 Å². The number of anilines is 1. The standard InChI is InChI=1S/C19H28N2O3/c1-23-15-9-10-16(18(12-15)24-2)20-19(22)13-21-11-5-7-14-6-3-4-8-17(14)21/h9-10,12,14,17H,3-8,11,13H2,1-2H3,(H,20,22)/t14-,17-/m1/s1. The fourth-order valence-electron chi connectivity index (χ4n) is 4.20. The topological polar surface area (TPSA) is 50.8 Å². The maximum Gasteiger partial charge on any atom is 0.238 e. The predicted molar refractivity (Wildman–Crippen MR) is 94.7 cm³/mol. The van der Waals surface area contributed by atoms with Crippen molar-refractivity contribution in [2.45, 2.75) is 44.6 Å². The Hall–Kier alpha value is -1.75. The van der Waals surface area contributed by atoms with Gasteiger partial charge in [0.25, 0.3) is 0 Å². The number of hydrogen-bond acceptors (Lipinski definition) is 4. The molecular formula is C19H28N2O3. The van der Waals surface area contributed by atoms with Gasteiger partial charge in [-0.15, -0.1) is 0 Å². The third kappa shape index (κ3) is 3.83. The summed E-state index contributed by atoms with van der Waals surface area (Å²) in [5.74, 6) is 2.16. The minimum atomic E-state index is 0.0321. The second kappa shape index (κ2) is 7.88. The van der Waals surface area contributed by atoms with Crippen molar-refractivity contribution < 1.29 is 14.3 Å². The normalized spacial score (nSPS) is 24.1. The Kier molecular flexibility index (Phi) is 5.61. The lowest BCUT2D eigenvalue weighted by atomic mass is 9.78. The minimum absolute atomic E-state index is 0.0321. The SMILES string of the molecule is COc1ccc(NC(=O)CN2CCC[C@H]3CCCC[C@H]32)c(OC)c1. The molecule has 5 heteroatoms. The third-order valence-electron chi connectivity index (χ3n) is 5.39. The van der Waals surface area contributed by atoms with Crippen molar-refractivity contribution in [1.82, 2.24) is 4.90 Å². The number of benzene rings is 1. The molecule has 0 bridgehead atoms. The largest absolute Gasteiger partial charge is 0.497 e. The van der Waals surface area contributed by atoms with Crippen LogP contribution in [-0.4, -0.2) is 44.2 Å². The van der Waals surface area contributed by atoms with Gasteiger partial charge >= 0.3 is 0 Å². The molecule has 0 spiro atoms. The van der Waals surface area contributed by atoms with Gasteiger partial charge in [-0.3, -0.25) is 9.69 Å². The number of methoxy groups -OCH3 is 2. The molecule has 2 aliphatic rings. The van der Waals surface area contributed by atoms with Crippen molar-refractivity contribution in [3.63, 3.8) is 0 Å². The van der Waals surface area contributed by atoms with Crippen molar-refractivity contribution in [3.05, 3.63) is 18.2 Å². The molecule has 3 rings (SSSR count). The van der Waals surface area contributed by atoms with Crippen LogP contribution in [0.1, 0.15) is 38.5 Å². The van der Waals surface area contributed by atoms with Crippen LogP contribution in [0.2, 0.25) is 0 Å². The van der Waals surface area contributed by atoms with Gasteiger partial charge in [-0.2, -0.15) is 0 Å². The average molecular weight is 332 g/mol. The van der Waals surface area contributed by atoms with E-state index in [1.807, 2.05) is 12.1 Å². The summed E-state index contributed by atoms with van der Waals surface area (Å²) >= 11 is 0. The highest BCUT2D eigenvalue weighted by Crippen LogP contribution is 2.35. The second-order valence-corrected chi connectivity index (χ2v) is 6.84. The van der Waals surface area contributed by atoms with Crippen LogP contribution >= 0.6 is 0 Å². The van der Waals surface area contributed by atoms with E-state index in [9.17, 15) is 4.79 Å². The number of ether oxygens (including phenoxy) is 2. The Balaban J connectivity index is 1.63. The van der Waals surface area contributed by atoms with Crippen LogP contribution in [0.3, 0.4) is 0 Å². The molecule has 1 aromatic rings. The Bertz CT molecular complexity index is 574. The smallest absolute Gasteiger partial charge is 0.238 e. The van der Waals surface area contributed by atoms with Crippen molar-refractivity contribution in [1.29, 1.82) is 0 Å². The average Bonchev–Trinajstić information content (AvgIpc) is 2.62. The number of hydrogen-bond donors (Lipinski definition) is 1. The van der Waals surface area contributed by atoms with Crippen LogP contribution < -0.4 is 14.8 Å². The van der Waals surface area contributed by atoms with Gasteiger partial charge in [0.2, 0.25) is 5.91 Å². The molecule has 0 aromatic heterocycles. The minimum Gasteiger partial charge on any atom is -0.497 e. The zero-order valence-electron chi connectivity index (χ0n) is 14.7. The first-order chi connectivity index (χ1) is 11.7. The van der Waals surface area contributed by atoms with Gasteiger partial charge in [0.15, 0.2) is 0 Å². The summed E-state index contributed by atoms with van der Waals surface area (Å²) in [6.07, 6.45) is 7.75. The molecule has 0 radical (unpaired) electrons. The highest BCUT2D eigenvalue weighted by Gasteiger charge is 2.33. The van der Waals surface area contributed by atoms with E-state index in [4.69, 9.17) is 9.47 Å². The number of fused-ring (bicyclic) bond motifs is 1. The maximum atomic E-state index is 12.5. The van der Waals surface area contributed by atoms with Gasteiger partial charge in [-0.05, 0) is 50.3 Å². The number of carbonyl (C=O) groups excluding carboxylic acids is 1. The van der Waals surface area contributed by atoms with E-state index >= 15 is 0 Å². The monoisotopic (exact) mass is 332 g/mol. The number of carbonyl (C=O) groups is 1. The van der Waals surface area contributed by atoms with E-state index in [-0.39, 0.29) is 5.91 Å². The van der Waals surface area contributed by atoms with E-state index in [2.05, 4.69) is 10.2 Å². The van der Waals surface area contributed by atoms with Gasteiger partial charge in [0.1, 0.15) is 11.5 Å². The molecular weight excluding hydrogens is 304 g/mol. The van der Waals surface area contributed by atoms with Gasteiger partial charge in [-0.1, -0.05) is 12.8 Å². The van der Waals surface area contributed by atoms with Crippen LogP contribution in [0, 0.1) is 5.92 Å². The molecule has 1 aromatic carbocycles. The summed E-state index contributed by atoms with van der Waals surface area (Å²) < 4.78 is 10.6. The third-order valence-corrected chi connectivity index (χ3v) is 5.39. The molecule has 1 saturated carbocycles. The zero-order valence-corrected chi connectivity index (χ0v) is 14.7. The molecule has 1 heterocycles. The molecule has 1 N–H and O–H groups in total. The number of piperidine rings is 1. The fraction of sp³-hybridized carbons (Fsp3) is 0.632. The summed E-state index contributed by atoms with van der Waals surface area (Å²) in [4.78, 5) is 14.9. The first kappa shape index (κ1) is 17.1. The van der Waals surface area contributed by atoms with E-state index in [0.29, 0.717) is 29.8 Å². The molecule has 1 amide bonds. The van der Waals surface area contributed by atoms with Gasteiger partial charge < -0.3 is 14.8 Å². The van der Waals surface area contributed by atoms with Crippen LogP contribution in [0.25, 0.3) is 0 Å². The van der Waals surface area contributed by atoms with Crippen LogP contribution in [0.4, 0.5) is 5.69 Å². The van der Waals surface area contributed by atoms with E-state index in [0.717, 1.165) is 12.5 Å². The molecule has 5 nitrogen and oxygen atoms in total. The van der Waals surface area contributed by atoms with Crippen LogP contribution in [0.15, 0.2) is 18.2 Å². The summed E-state index contributed by atoms with van der Waals surface area (Å²) in [5.41, 5.74) is 0.695. The fourth-order valence-corrected chi connectivity index (χ4v) is 4.20. The van der Waals surface area contributed by atoms with Gasteiger partial charge in [-0.25, -0.2) is 0 Å². The molecule has 1 saturated heterocycles. The lowest BCUT2D eigenvalue weighted by Crippen LogP contribution is -2.49.